The standard InChI is InChI=1S/C25H30ClNO5/c1-4-31-25-21(26)14-18(15-23(25)30-3)11-12-24(28)27(17-20-9-7-13-32-20)16-19-8-5-6-10-22(19)29-2/h5-6,8,10-12,14-15,20H,4,7,9,13,16-17H2,1-3H3/b12-11+. The van der Waals surface area contributed by atoms with Crippen LogP contribution in [0.15, 0.2) is 42.5 Å². The van der Waals surface area contributed by atoms with E-state index < -0.39 is 0 Å². The molecule has 6 nitrogen and oxygen atoms in total. The molecule has 7 heteroatoms. The van der Waals surface area contributed by atoms with Crippen LogP contribution in [0.1, 0.15) is 30.9 Å². The Bertz CT molecular complexity index is 940. The van der Waals surface area contributed by atoms with Crippen molar-refractivity contribution in [3.63, 3.8) is 0 Å². The highest BCUT2D eigenvalue weighted by molar-refractivity contribution is 6.32. The molecule has 1 amide bonds. The van der Waals surface area contributed by atoms with Crippen molar-refractivity contribution in [1.82, 2.24) is 4.90 Å². The third kappa shape index (κ3) is 6.17. The predicted octanol–water partition coefficient (Wildman–Crippen LogP) is 4.98. The average Bonchev–Trinajstić information content (AvgIpc) is 3.32. The smallest absolute Gasteiger partial charge is 0.246 e. The normalized spacial score (nSPS) is 15.7. The minimum absolute atomic E-state index is 0.0436. The molecule has 0 N–H and O–H groups in total. The molecule has 0 bridgehead atoms. The number of benzene rings is 2. The van der Waals surface area contributed by atoms with Crippen LogP contribution in [0.4, 0.5) is 0 Å². The minimum atomic E-state index is -0.115. The number of rotatable bonds is 10. The number of halogens is 1. The highest BCUT2D eigenvalue weighted by atomic mass is 35.5. The van der Waals surface area contributed by atoms with E-state index in [1.54, 1.807) is 43.4 Å². The summed E-state index contributed by atoms with van der Waals surface area (Å²) in [6.07, 6.45) is 5.29. The van der Waals surface area contributed by atoms with Gasteiger partial charge in [0.05, 0.1) is 32.0 Å². The Hall–Kier alpha value is -2.70. The summed E-state index contributed by atoms with van der Waals surface area (Å²) in [6.45, 7) is 4.05. The Morgan fingerprint density at radius 2 is 2.00 bits per heavy atom. The number of ether oxygens (including phenoxy) is 4. The zero-order valence-corrected chi connectivity index (χ0v) is 19.6. The second-order valence-corrected chi connectivity index (χ2v) is 7.87. The number of hydrogen-bond acceptors (Lipinski definition) is 5. The van der Waals surface area contributed by atoms with Crippen LogP contribution in [0.25, 0.3) is 6.08 Å². The van der Waals surface area contributed by atoms with E-state index >= 15 is 0 Å². The lowest BCUT2D eigenvalue weighted by Crippen LogP contribution is -2.36. The van der Waals surface area contributed by atoms with Gasteiger partial charge < -0.3 is 23.8 Å². The molecule has 1 aliphatic rings. The second kappa shape index (κ2) is 11.8. The van der Waals surface area contributed by atoms with Gasteiger partial charge in [-0.05, 0) is 49.6 Å². The number of nitrogens with zero attached hydrogens (tertiary/aromatic N) is 1. The molecule has 2 aromatic carbocycles. The molecule has 32 heavy (non-hydrogen) atoms. The van der Waals surface area contributed by atoms with Crippen LogP contribution < -0.4 is 14.2 Å². The zero-order valence-electron chi connectivity index (χ0n) is 18.8. The van der Waals surface area contributed by atoms with Crippen LogP contribution >= 0.6 is 11.6 Å². The number of methoxy groups -OCH3 is 2. The minimum Gasteiger partial charge on any atom is -0.496 e. The van der Waals surface area contributed by atoms with Gasteiger partial charge in [-0.1, -0.05) is 29.8 Å². The summed E-state index contributed by atoms with van der Waals surface area (Å²) in [5.41, 5.74) is 1.69. The van der Waals surface area contributed by atoms with Gasteiger partial charge >= 0.3 is 0 Å². The molecule has 0 radical (unpaired) electrons. The molecule has 3 rings (SSSR count). The molecule has 1 atom stereocenters. The van der Waals surface area contributed by atoms with Crippen molar-refractivity contribution in [3.8, 4) is 17.2 Å². The third-order valence-corrected chi connectivity index (χ3v) is 5.55. The van der Waals surface area contributed by atoms with Crippen molar-refractivity contribution < 1.29 is 23.7 Å². The van der Waals surface area contributed by atoms with Crippen molar-refractivity contribution >= 4 is 23.6 Å². The van der Waals surface area contributed by atoms with Gasteiger partial charge in [0.1, 0.15) is 5.75 Å². The van der Waals surface area contributed by atoms with Gasteiger partial charge in [0.2, 0.25) is 5.91 Å². The Labute approximate surface area is 194 Å². The summed E-state index contributed by atoms with van der Waals surface area (Å²) in [6, 6.07) is 11.3. The Balaban J connectivity index is 1.81. The molecule has 0 aliphatic carbocycles. The Kier molecular flexibility index (Phi) is 8.82. The van der Waals surface area contributed by atoms with Crippen molar-refractivity contribution in [2.75, 3.05) is 34.0 Å². The number of carbonyl (C=O) groups is 1. The lowest BCUT2D eigenvalue weighted by molar-refractivity contribution is -0.128. The largest absolute Gasteiger partial charge is 0.496 e. The molecular weight excluding hydrogens is 430 g/mol. The van der Waals surface area contributed by atoms with Gasteiger partial charge in [-0.25, -0.2) is 0 Å². The predicted molar refractivity (Wildman–Crippen MR) is 126 cm³/mol. The van der Waals surface area contributed by atoms with Crippen LogP contribution in [0.5, 0.6) is 17.2 Å². The Morgan fingerprint density at radius 1 is 1.22 bits per heavy atom. The lowest BCUT2D eigenvalue weighted by atomic mass is 10.1. The molecule has 1 saturated heterocycles. The summed E-state index contributed by atoms with van der Waals surface area (Å²) in [7, 11) is 3.19. The van der Waals surface area contributed by atoms with Gasteiger partial charge in [-0.2, -0.15) is 0 Å². The molecule has 0 aromatic heterocycles. The monoisotopic (exact) mass is 459 g/mol. The maximum atomic E-state index is 13.2. The number of para-hydroxylation sites is 1. The fourth-order valence-electron chi connectivity index (χ4n) is 3.70. The maximum absolute atomic E-state index is 13.2. The first kappa shape index (κ1) is 24.0. The molecule has 1 fully saturated rings. The van der Waals surface area contributed by atoms with Crippen LogP contribution in [0, 0.1) is 0 Å². The van der Waals surface area contributed by atoms with Crippen molar-refractivity contribution in [1.29, 1.82) is 0 Å². The quantitative estimate of drug-likeness (QED) is 0.469. The fourth-order valence-corrected chi connectivity index (χ4v) is 3.97. The van der Waals surface area contributed by atoms with E-state index in [0.717, 1.165) is 36.3 Å². The molecule has 0 spiro atoms. The van der Waals surface area contributed by atoms with Crippen molar-refractivity contribution in [3.05, 3.63) is 58.6 Å². The van der Waals surface area contributed by atoms with Gasteiger partial charge in [0.15, 0.2) is 11.5 Å². The molecule has 2 aromatic rings. The van der Waals surface area contributed by atoms with Gasteiger partial charge in [0, 0.05) is 31.3 Å². The van der Waals surface area contributed by atoms with E-state index in [1.807, 2.05) is 31.2 Å². The molecule has 1 heterocycles. The SMILES string of the molecule is CCOc1c(Cl)cc(/C=C/C(=O)N(Cc2ccccc2OC)CC2CCCO2)cc1OC. The van der Waals surface area contributed by atoms with E-state index in [4.69, 9.17) is 30.5 Å². The third-order valence-electron chi connectivity index (χ3n) is 5.27. The highest BCUT2D eigenvalue weighted by Crippen LogP contribution is 2.36. The van der Waals surface area contributed by atoms with Crippen molar-refractivity contribution in [2.45, 2.75) is 32.4 Å². The first-order valence-electron chi connectivity index (χ1n) is 10.8. The zero-order chi connectivity index (χ0) is 22.9. The van der Waals surface area contributed by atoms with Crippen LogP contribution in [0.3, 0.4) is 0 Å². The summed E-state index contributed by atoms with van der Waals surface area (Å²) in [4.78, 5) is 15.0. The first-order valence-corrected chi connectivity index (χ1v) is 11.1. The van der Waals surface area contributed by atoms with E-state index in [-0.39, 0.29) is 12.0 Å². The summed E-state index contributed by atoms with van der Waals surface area (Å²) < 4.78 is 22.2. The van der Waals surface area contributed by atoms with Crippen LogP contribution in [0.2, 0.25) is 5.02 Å². The van der Waals surface area contributed by atoms with Gasteiger partial charge in [-0.3, -0.25) is 4.79 Å². The van der Waals surface area contributed by atoms with Crippen LogP contribution in [-0.2, 0) is 16.1 Å². The fraction of sp³-hybridized carbons (Fsp3) is 0.400. The molecule has 172 valence electrons. The number of carbonyl (C=O) groups excluding carboxylic acids is 1. The molecular formula is C25H30ClNO5. The summed E-state index contributed by atoms with van der Waals surface area (Å²) in [5.74, 6) is 1.66. The Morgan fingerprint density at radius 3 is 2.69 bits per heavy atom. The summed E-state index contributed by atoms with van der Waals surface area (Å²) >= 11 is 6.36. The van der Waals surface area contributed by atoms with E-state index in [1.165, 1.54) is 0 Å². The summed E-state index contributed by atoms with van der Waals surface area (Å²) in [5, 5.41) is 0.434. The second-order valence-electron chi connectivity index (χ2n) is 7.47. The topological polar surface area (TPSA) is 57.2 Å². The number of amides is 1. The lowest BCUT2D eigenvalue weighted by Gasteiger charge is -2.25. The van der Waals surface area contributed by atoms with E-state index in [9.17, 15) is 4.79 Å². The average molecular weight is 460 g/mol. The van der Waals surface area contributed by atoms with E-state index in [2.05, 4.69) is 0 Å². The maximum Gasteiger partial charge on any atom is 0.246 e. The van der Waals surface area contributed by atoms with Crippen LogP contribution in [-0.4, -0.2) is 50.9 Å². The van der Waals surface area contributed by atoms with E-state index in [0.29, 0.717) is 36.2 Å². The van der Waals surface area contributed by atoms with Gasteiger partial charge in [-0.15, -0.1) is 0 Å². The number of hydrogen-bond donors (Lipinski definition) is 0. The molecule has 1 aliphatic heterocycles. The van der Waals surface area contributed by atoms with Crippen molar-refractivity contribution in [2.24, 2.45) is 0 Å². The van der Waals surface area contributed by atoms with Gasteiger partial charge in [0.25, 0.3) is 0 Å². The highest BCUT2D eigenvalue weighted by Gasteiger charge is 2.22. The molecule has 0 saturated carbocycles. The molecule has 1 unspecified atom stereocenters. The first-order chi connectivity index (χ1) is 15.5.